The van der Waals surface area contributed by atoms with Crippen LogP contribution in [0.3, 0.4) is 0 Å². The number of hydrogen-bond acceptors (Lipinski definition) is 4. The van der Waals surface area contributed by atoms with Crippen molar-refractivity contribution in [2.24, 2.45) is 0 Å². The number of aryl methyl sites for hydroxylation is 2. The molecule has 46 heavy (non-hydrogen) atoms. The van der Waals surface area contributed by atoms with Gasteiger partial charge in [-0.15, -0.1) is 0 Å². The van der Waals surface area contributed by atoms with E-state index in [1.54, 1.807) is 42.5 Å². The molecule has 0 spiro atoms. The minimum absolute atomic E-state index is 0.0408. The van der Waals surface area contributed by atoms with Gasteiger partial charge in [0.15, 0.2) is 0 Å². The number of amides is 2. The average molecular weight is 658 g/mol. The maximum Gasteiger partial charge on any atom is 0.264 e. The van der Waals surface area contributed by atoms with Crippen molar-refractivity contribution in [3.8, 4) is 0 Å². The molecule has 5 rings (SSSR count). The van der Waals surface area contributed by atoms with Gasteiger partial charge in [0, 0.05) is 24.0 Å². The minimum Gasteiger partial charge on any atom is -0.352 e. The highest BCUT2D eigenvalue weighted by Crippen LogP contribution is 2.29. The second-order valence-corrected chi connectivity index (χ2v) is 14.3. The van der Waals surface area contributed by atoms with Gasteiger partial charge in [-0.05, 0) is 73.7 Å². The van der Waals surface area contributed by atoms with E-state index in [-0.39, 0.29) is 29.8 Å². The lowest BCUT2D eigenvalue weighted by Gasteiger charge is -2.34. The van der Waals surface area contributed by atoms with E-state index in [0.717, 1.165) is 42.4 Å². The Morgan fingerprint density at radius 1 is 0.848 bits per heavy atom. The van der Waals surface area contributed by atoms with Gasteiger partial charge in [-0.25, -0.2) is 8.42 Å². The quantitative estimate of drug-likeness (QED) is 0.181. The maximum atomic E-state index is 14.7. The third-order valence-corrected chi connectivity index (χ3v) is 10.5. The van der Waals surface area contributed by atoms with Crippen LogP contribution < -0.4 is 9.62 Å². The fourth-order valence-corrected chi connectivity index (χ4v) is 7.78. The Kier molecular flexibility index (Phi) is 10.8. The van der Waals surface area contributed by atoms with Gasteiger partial charge in [-0.2, -0.15) is 0 Å². The van der Waals surface area contributed by atoms with Gasteiger partial charge >= 0.3 is 0 Å². The molecule has 9 heteroatoms. The number of carbonyl (C=O) groups is 2. The van der Waals surface area contributed by atoms with Gasteiger partial charge in [0.05, 0.1) is 10.6 Å². The van der Waals surface area contributed by atoms with Crippen molar-refractivity contribution >= 4 is 39.1 Å². The van der Waals surface area contributed by atoms with Gasteiger partial charge in [-0.3, -0.25) is 13.9 Å². The average Bonchev–Trinajstić information content (AvgIpc) is 3.56. The monoisotopic (exact) mass is 657 g/mol. The van der Waals surface area contributed by atoms with E-state index in [1.807, 2.05) is 62.4 Å². The lowest BCUT2D eigenvalue weighted by molar-refractivity contribution is -0.140. The first-order valence-corrected chi connectivity index (χ1v) is 17.5. The summed E-state index contributed by atoms with van der Waals surface area (Å²) >= 11 is 6.35. The first kappa shape index (κ1) is 33.2. The summed E-state index contributed by atoms with van der Waals surface area (Å²) in [5.41, 5.74) is 3.71. The summed E-state index contributed by atoms with van der Waals surface area (Å²) in [6, 6.07) is 29.4. The summed E-state index contributed by atoms with van der Waals surface area (Å²) in [5.74, 6) is -0.753. The van der Waals surface area contributed by atoms with Crippen LogP contribution in [0.5, 0.6) is 0 Å². The highest BCUT2D eigenvalue weighted by Gasteiger charge is 2.36. The number of anilines is 1. The van der Waals surface area contributed by atoms with Crippen LogP contribution >= 0.6 is 11.6 Å². The SMILES string of the molecule is Cc1ccc(N(CC(=O)N(Cc2cccc(Cl)c2)[C@@H](Cc2ccccc2)C(=O)NC2CCCC2)S(=O)(=O)c2ccccc2)c(C)c1. The highest BCUT2D eigenvalue weighted by atomic mass is 35.5. The van der Waals surface area contributed by atoms with Crippen molar-refractivity contribution in [3.63, 3.8) is 0 Å². The number of sulfonamides is 1. The Bertz CT molecular complexity index is 1760. The third kappa shape index (κ3) is 8.17. The molecule has 0 saturated heterocycles. The fourth-order valence-electron chi connectivity index (χ4n) is 6.07. The van der Waals surface area contributed by atoms with Crippen molar-refractivity contribution in [3.05, 3.63) is 130 Å². The summed E-state index contributed by atoms with van der Waals surface area (Å²) in [5, 5.41) is 3.70. The molecule has 7 nitrogen and oxygen atoms in total. The number of hydrogen-bond donors (Lipinski definition) is 1. The third-order valence-electron chi connectivity index (χ3n) is 8.45. The van der Waals surface area contributed by atoms with Crippen molar-refractivity contribution in [2.75, 3.05) is 10.8 Å². The molecule has 1 fully saturated rings. The first-order valence-electron chi connectivity index (χ1n) is 15.6. The van der Waals surface area contributed by atoms with E-state index in [2.05, 4.69) is 5.32 Å². The van der Waals surface area contributed by atoms with Crippen molar-refractivity contribution in [2.45, 2.75) is 69.5 Å². The second kappa shape index (κ2) is 15.0. The van der Waals surface area contributed by atoms with Crippen molar-refractivity contribution in [1.29, 1.82) is 0 Å². The second-order valence-electron chi connectivity index (χ2n) is 12.0. The van der Waals surface area contributed by atoms with E-state index in [0.29, 0.717) is 16.3 Å². The molecule has 0 bridgehead atoms. The van der Waals surface area contributed by atoms with Crippen LogP contribution in [0.15, 0.2) is 108 Å². The van der Waals surface area contributed by atoms with Gasteiger partial charge in [0.2, 0.25) is 11.8 Å². The van der Waals surface area contributed by atoms with Crippen molar-refractivity contribution in [1.82, 2.24) is 10.2 Å². The molecule has 4 aromatic carbocycles. The van der Waals surface area contributed by atoms with Gasteiger partial charge in [-0.1, -0.05) is 103 Å². The Morgan fingerprint density at radius 2 is 1.50 bits per heavy atom. The Hall–Kier alpha value is -4.14. The molecule has 1 atom stereocenters. The number of carbonyl (C=O) groups excluding carboxylic acids is 2. The fraction of sp³-hybridized carbons (Fsp3) is 0.297. The standard InChI is InChI=1S/C37H40ClN3O4S/c1-27-20-21-34(28(2)22-27)41(46(44,45)33-18-7-4-8-19-33)26-36(42)40(25-30-14-11-15-31(38)23-30)35(24-29-12-5-3-6-13-29)37(43)39-32-16-9-10-17-32/h3-8,11-15,18-23,32,35H,9-10,16-17,24-26H2,1-2H3,(H,39,43)/t35-/m0/s1. The smallest absolute Gasteiger partial charge is 0.264 e. The topological polar surface area (TPSA) is 86.8 Å². The van der Waals surface area contributed by atoms with Crippen LogP contribution in [0.4, 0.5) is 5.69 Å². The molecule has 0 radical (unpaired) electrons. The molecule has 0 heterocycles. The predicted molar refractivity (Wildman–Crippen MR) is 183 cm³/mol. The van der Waals surface area contributed by atoms with E-state index in [4.69, 9.17) is 11.6 Å². The number of nitrogens with zero attached hydrogens (tertiary/aromatic N) is 2. The molecular weight excluding hydrogens is 618 g/mol. The molecule has 0 aromatic heterocycles. The lowest BCUT2D eigenvalue weighted by atomic mass is 10.0. The van der Waals surface area contributed by atoms with Gasteiger partial charge < -0.3 is 10.2 Å². The minimum atomic E-state index is -4.16. The zero-order valence-electron chi connectivity index (χ0n) is 26.2. The normalized spacial score (nSPS) is 14.1. The molecule has 0 unspecified atom stereocenters. The van der Waals surface area contributed by atoms with Gasteiger partial charge in [0.25, 0.3) is 10.0 Å². The molecule has 4 aromatic rings. The van der Waals surface area contributed by atoms with E-state index >= 15 is 0 Å². The molecule has 240 valence electrons. The number of halogens is 1. The van der Waals surface area contributed by atoms with Crippen LogP contribution in [0.1, 0.15) is 47.9 Å². The zero-order chi connectivity index (χ0) is 32.7. The summed E-state index contributed by atoms with van der Waals surface area (Å²) in [6.07, 6.45) is 4.13. The molecule has 1 N–H and O–H groups in total. The number of nitrogens with one attached hydrogen (secondary N) is 1. The van der Waals surface area contributed by atoms with Crippen LogP contribution in [-0.4, -0.2) is 43.8 Å². The summed E-state index contributed by atoms with van der Waals surface area (Å²) in [4.78, 5) is 30.3. The predicted octanol–water partition coefficient (Wildman–Crippen LogP) is 6.85. The van der Waals surface area contributed by atoms with Crippen LogP contribution in [0.25, 0.3) is 0 Å². The Morgan fingerprint density at radius 3 is 2.15 bits per heavy atom. The first-order chi connectivity index (χ1) is 22.1. The van der Waals surface area contributed by atoms with Crippen LogP contribution in [-0.2, 0) is 32.6 Å². The largest absolute Gasteiger partial charge is 0.352 e. The number of benzene rings is 4. The molecule has 2 amide bonds. The van der Waals surface area contributed by atoms with Gasteiger partial charge in [0.1, 0.15) is 12.6 Å². The van der Waals surface area contributed by atoms with E-state index in [1.165, 1.54) is 21.3 Å². The summed E-state index contributed by atoms with van der Waals surface area (Å²) in [6.45, 7) is 3.34. The molecule has 1 saturated carbocycles. The highest BCUT2D eigenvalue weighted by molar-refractivity contribution is 7.92. The summed E-state index contributed by atoms with van der Waals surface area (Å²) < 4.78 is 29.6. The lowest BCUT2D eigenvalue weighted by Crippen LogP contribution is -2.54. The van der Waals surface area contributed by atoms with Crippen LogP contribution in [0, 0.1) is 13.8 Å². The van der Waals surface area contributed by atoms with Crippen LogP contribution in [0.2, 0.25) is 5.02 Å². The Balaban J connectivity index is 1.58. The zero-order valence-corrected chi connectivity index (χ0v) is 27.8. The maximum absolute atomic E-state index is 14.7. The summed E-state index contributed by atoms with van der Waals surface area (Å²) in [7, 11) is -4.16. The molecular formula is C37H40ClN3O4S. The number of rotatable bonds is 12. The van der Waals surface area contributed by atoms with E-state index in [9.17, 15) is 18.0 Å². The molecule has 1 aliphatic rings. The van der Waals surface area contributed by atoms with E-state index < -0.39 is 28.5 Å². The van der Waals surface area contributed by atoms with Crippen molar-refractivity contribution < 1.29 is 18.0 Å². The molecule has 1 aliphatic carbocycles. The molecule has 0 aliphatic heterocycles. The Labute approximate surface area is 277 Å².